The molecule has 6 heteroatoms. The summed E-state index contributed by atoms with van der Waals surface area (Å²) in [5.41, 5.74) is 10.4. The third kappa shape index (κ3) is 7.93. The minimum atomic E-state index is 0.971. The van der Waals surface area contributed by atoms with E-state index in [9.17, 15) is 0 Å². The topological polar surface area (TPSA) is 77.3 Å². The molecular formula is C24H36N6. The molecule has 30 heavy (non-hydrogen) atoms. The van der Waals surface area contributed by atoms with Gasteiger partial charge in [-0.05, 0) is 68.2 Å². The minimum absolute atomic E-state index is 0.971. The number of hydrogen-bond donors (Lipinski definition) is 0. The summed E-state index contributed by atoms with van der Waals surface area (Å²) in [5, 5.41) is 0. The quantitative estimate of drug-likeness (QED) is 0.592. The minimum Gasteiger partial charge on any atom is -0.258 e. The van der Waals surface area contributed by atoms with Gasteiger partial charge >= 0.3 is 0 Å². The Kier molecular flexibility index (Phi) is 10.2. The van der Waals surface area contributed by atoms with Crippen LogP contribution in [0.25, 0.3) is 0 Å². The van der Waals surface area contributed by atoms with Gasteiger partial charge in [0.2, 0.25) is 0 Å². The lowest BCUT2D eigenvalue weighted by Gasteiger charge is -2.01. The Hall–Kier alpha value is -2.76. The van der Waals surface area contributed by atoms with Gasteiger partial charge in [-0.3, -0.25) is 29.9 Å². The average molecular weight is 409 g/mol. The van der Waals surface area contributed by atoms with Gasteiger partial charge in [0.25, 0.3) is 0 Å². The highest BCUT2D eigenvalue weighted by molar-refractivity contribution is 5.16. The fourth-order valence-corrected chi connectivity index (χ4v) is 2.72. The molecule has 6 nitrogen and oxygen atoms in total. The summed E-state index contributed by atoms with van der Waals surface area (Å²) in [5.74, 6) is 0. The van der Waals surface area contributed by atoms with E-state index in [1.807, 2.05) is 61.6 Å². The highest BCUT2D eigenvalue weighted by atomic mass is 14.8. The van der Waals surface area contributed by atoms with Gasteiger partial charge in [-0.2, -0.15) is 0 Å². The predicted octanol–water partition coefficient (Wildman–Crippen LogP) is 5.02. The smallest absolute Gasteiger partial charge is 0.0616 e. The Labute approximate surface area is 181 Å². The Bertz CT molecular complexity index is 916. The van der Waals surface area contributed by atoms with Crippen molar-refractivity contribution in [1.29, 1.82) is 0 Å². The van der Waals surface area contributed by atoms with Crippen molar-refractivity contribution >= 4 is 0 Å². The third-order valence-electron chi connectivity index (χ3n) is 4.73. The molecule has 0 N–H and O–H groups in total. The van der Waals surface area contributed by atoms with Crippen LogP contribution in [0.2, 0.25) is 0 Å². The average Bonchev–Trinajstić information content (AvgIpc) is 2.69. The first-order chi connectivity index (χ1) is 14.1. The van der Waals surface area contributed by atoms with E-state index in [-0.39, 0.29) is 0 Å². The SMILES string of the molecule is CCc1nc(C)cnc1C.CCc1ncc(C)nc1C.Cc1nc(C)c(C)nc1C. The van der Waals surface area contributed by atoms with E-state index in [4.69, 9.17) is 0 Å². The molecule has 0 fully saturated rings. The molecule has 0 amide bonds. The molecule has 0 radical (unpaired) electrons. The van der Waals surface area contributed by atoms with Gasteiger partial charge in [-0.1, -0.05) is 13.8 Å². The molecule has 3 heterocycles. The third-order valence-corrected chi connectivity index (χ3v) is 4.73. The van der Waals surface area contributed by atoms with Gasteiger partial charge in [-0.25, -0.2) is 0 Å². The standard InChI is InChI=1S/3C8H12N2/c1-5-6(2)10-8(4)7(3)9-5;1-4-8-7(3)10-6(2)5-9-8;1-4-8-7(3)9-5-6(2)10-8/h1-4H3;2*5H,4H2,1-3H3. The summed E-state index contributed by atoms with van der Waals surface area (Å²) in [6.45, 7) is 20.0. The first-order valence-electron chi connectivity index (χ1n) is 10.5. The molecule has 3 aromatic rings. The largest absolute Gasteiger partial charge is 0.258 e. The highest BCUT2D eigenvalue weighted by Crippen LogP contribution is 2.04. The van der Waals surface area contributed by atoms with E-state index in [1.165, 1.54) is 0 Å². The fraction of sp³-hybridized carbons (Fsp3) is 0.500. The molecule has 162 valence electrons. The van der Waals surface area contributed by atoms with Gasteiger partial charge in [0.1, 0.15) is 0 Å². The zero-order valence-electron chi connectivity index (χ0n) is 20.3. The molecule has 0 atom stereocenters. The van der Waals surface area contributed by atoms with Gasteiger partial charge < -0.3 is 0 Å². The van der Waals surface area contributed by atoms with Crippen molar-refractivity contribution in [3.05, 3.63) is 69.3 Å². The lowest BCUT2D eigenvalue weighted by atomic mass is 10.2. The Morgan fingerprint density at radius 3 is 1.30 bits per heavy atom. The maximum Gasteiger partial charge on any atom is 0.0616 e. The van der Waals surface area contributed by atoms with Gasteiger partial charge in [0.15, 0.2) is 0 Å². The zero-order chi connectivity index (χ0) is 22.8. The molecule has 0 aromatic carbocycles. The van der Waals surface area contributed by atoms with Crippen LogP contribution in [-0.2, 0) is 12.8 Å². The molecule has 0 aliphatic heterocycles. The van der Waals surface area contributed by atoms with Crippen LogP contribution in [0.5, 0.6) is 0 Å². The van der Waals surface area contributed by atoms with Crippen LogP contribution >= 0.6 is 0 Å². The Morgan fingerprint density at radius 1 is 0.467 bits per heavy atom. The molecule has 0 aliphatic rings. The summed E-state index contributed by atoms with van der Waals surface area (Å²) in [6.07, 6.45) is 5.56. The first kappa shape index (κ1) is 25.3. The number of hydrogen-bond acceptors (Lipinski definition) is 6. The van der Waals surface area contributed by atoms with Crippen molar-refractivity contribution in [1.82, 2.24) is 29.9 Å². The molecule has 0 bridgehead atoms. The van der Waals surface area contributed by atoms with Gasteiger partial charge in [0.05, 0.1) is 56.9 Å². The maximum absolute atomic E-state index is 4.33. The van der Waals surface area contributed by atoms with Crippen molar-refractivity contribution in [3.8, 4) is 0 Å². The van der Waals surface area contributed by atoms with E-state index in [1.54, 1.807) is 6.20 Å². The van der Waals surface area contributed by atoms with Crippen molar-refractivity contribution in [2.24, 2.45) is 0 Å². The molecule has 3 aromatic heterocycles. The summed E-state index contributed by atoms with van der Waals surface area (Å²) < 4.78 is 0. The second kappa shape index (κ2) is 12.1. The van der Waals surface area contributed by atoms with Gasteiger partial charge in [0, 0.05) is 12.4 Å². The number of aromatic nitrogens is 6. The van der Waals surface area contributed by atoms with Crippen LogP contribution in [0, 0.1) is 55.4 Å². The first-order valence-corrected chi connectivity index (χ1v) is 10.5. The van der Waals surface area contributed by atoms with Crippen molar-refractivity contribution in [2.45, 2.75) is 82.1 Å². The Balaban J connectivity index is 0.000000225. The highest BCUT2D eigenvalue weighted by Gasteiger charge is 1.99. The fourth-order valence-electron chi connectivity index (χ4n) is 2.72. The van der Waals surface area contributed by atoms with Crippen LogP contribution < -0.4 is 0 Å². The lowest BCUT2D eigenvalue weighted by Crippen LogP contribution is -1.97. The Morgan fingerprint density at radius 2 is 0.900 bits per heavy atom. The molecule has 0 saturated carbocycles. The van der Waals surface area contributed by atoms with Crippen LogP contribution in [0.15, 0.2) is 12.4 Å². The summed E-state index contributed by atoms with van der Waals surface area (Å²) >= 11 is 0. The molecular weight excluding hydrogens is 372 g/mol. The van der Waals surface area contributed by atoms with Crippen molar-refractivity contribution in [2.75, 3.05) is 0 Å². The number of aryl methyl sites for hydroxylation is 10. The normalized spacial score (nSPS) is 9.93. The second-order valence-corrected chi connectivity index (χ2v) is 7.36. The summed E-state index contributed by atoms with van der Waals surface area (Å²) in [7, 11) is 0. The molecule has 0 spiro atoms. The van der Waals surface area contributed by atoms with Crippen LogP contribution in [0.1, 0.15) is 70.8 Å². The lowest BCUT2D eigenvalue weighted by molar-refractivity contribution is 0.930. The molecule has 0 unspecified atom stereocenters. The van der Waals surface area contributed by atoms with Gasteiger partial charge in [-0.15, -0.1) is 0 Å². The van der Waals surface area contributed by atoms with E-state index in [0.29, 0.717) is 0 Å². The summed E-state index contributed by atoms with van der Waals surface area (Å²) in [6, 6.07) is 0. The zero-order valence-corrected chi connectivity index (χ0v) is 20.3. The van der Waals surface area contributed by atoms with Crippen LogP contribution in [0.3, 0.4) is 0 Å². The molecule has 3 rings (SSSR count). The predicted molar refractivity (Wildman–Crippen MR) is 123 cm³/mol. The van der Waals surface area contributed by atoms with E-state index in [0.717, 1.165) is 69.8 Å². The monoisotopic (exact) mass is 408 g/mol. The second-order valence-electron chi connectivity index (χ2n) is 7.36. The van der Waals surface area contributed by atoms with Crippen LogP contribution in [0.4, 0.5) is 0 Å². The van der Waals surface area contributed by atoms with E-state index < -0.39 is 0 Å². The van der Waals surface area contributed by atoms with E-state index in [2.05, 4.69) is 43.8 Å². The summed E-state index contributed by atoms with van der Waals surface area (Å²) in [4.78, 5) is 25.7. The van der Waals surface area contributed by atoms with E-state index >= 15 is 0 Å². The number of nitrogens with zero attached hydrogens (tertiary/aromatic N) is 6. The van der Waals surface area contributed by atoms with Crippen LogP contribution in [-0.4, -0.2) is 29.9 Å². The molecule has 0 aliphatic carbocycles. The van der Waals surface area contributed by atoms with Crippen molar-refractivity contribution < 1.29 is 0 Å². The maximum atomic E-state index is 4.33. The van der Waals surface area contributed by atoms with Crippen molar-refractivity contribution in [3.63, 3.8) is 0 Å². The number of rotatable bonds is 2. The molecule has 0 saturated heterocycles.